The third-order valence-corrected chi connectivity index (χ3v) is 3.96. The number of benzene rings is 2. The van der Waals surface area contributed by atoms with Crippen molar-refractivity contribution in [1.29, 1.82) is 0 Å². The summed E-state index contributed by atoms with van der Waals surface area (Å²) in [7, 11) is 5.24. The number of aliphatic imine (C=N–C) groups is 1. The summed E-state index contributed by atoms with van der Waals surface area (Å²) in [4.78, 5) is 6.69. The fraction of sp³-hybridized carbons (Fsp3) is 0.350. The highest BCUT2D eigenvalue weighted by molar-refractivity contribution is 14.0. The Kier molecular flexibility index (Phi) is 9.77. The lowest BCUT2D eigenvalue weighted by atomic mass is 10.2. The molecule has 0 aliphatic rings. The van der Waals surface area contributed by atoms with Crippen LogP contribution in [0.2, 0.25) is 0 Å². The van der Waals surface area contributed by atoms with E-state index in [1.807, 2.05) is 43.1 Å². The standard InChI is InChI=1S/C20H27N3O3.HI/c1-5-21-20(22-13-16-12-18(26-4)10-11-19(16)24)23(2)14-15-6-8-17(25-3)9-7-15;/h6-12,24H,5,13-14H2,1-4H3,(H,21,22);1H. The van der Waals surface area contributed by atoms with Gasteiger partial charge in [-0.25, -0.2) is 4.99 Å². The largest absolute Gasteiger partial charge is 0.508 e. The first-order chi connectivity index (χ1) is 12.6. The van der Waals surface area contributed by atoms with E-state index in [1.165, 1.54) is 0 Å². The zero-order valence-electron chi connectivity index (χ0n) is 16.2. The highest BCUT2D eigenvalue weighted by atomic mass is 127. The predicted molar refractivity (Wildman–Crippen MR) is 119 cm³/mol. The summed E-state index contributed by atoms with van der Waals surface area (Å²) in [6, 6.07) is 13.1. The molecule has 0 aliphatic carbocycles. The topological polar surface area (TPSA) is 66.3 Å². The summed E-state index contributed by atoms with van der Waals surface area (Å²) in [6.45, 7) is 3.86. The quantitative estimate of drug-likeness (QED) is 0.356. The molecule has 0 radical (unpaired) electrons. The number of phenols is 1. The second-order valence-corrected chi connectivity index (χ2v) is 5.87. The van der Waals surface area contributed by atoms with Crippen molar-refractivity contribution in [3.8, 4) is 17.2 Å². The average Bonchev–Trinajstić information content (AvgIpc) is 2.66. The van der Waals surface area contributed by atoms with E-state index in [1.54, 1.807) is 32.4 Å². The van der Waals surface area contributed by atoms with Crippen LogP contribution >= 0.6 is 24.0 Å². The molecule has 0 fully saturated rings. The van der Waals surface area contributed by atoms with Crippen molar-refractivity contribution in [2.24, 2.45) is 4.99 Å². The van der Waals surface area contributed by atoms with Crippen LogP contribution in [0.5, 0.6) is 17.2 Å². The lowest BCUT2D eigenvalue weighted by molar-refractivity contribution is 0.410. The Morgan fingerprint density at radius 2 is 1.70 bits per heavy atom. The van der Waals surface area contributed by atoms with Gasteiger partial charge in [-0.2, -0.15) is 0 Å². The first kappa shape index (κ1) is 22.9. The minimum Gasteiger partial charge on any atom is -0.508 e. The van der Waals surface area contributed by atoms with Crippen molar-refractivity contribution in [2.75, 3.05) is 27.8 Å². The first-order valence-electron chi connectivity index (χ1n) is 8.55. The lowest BCUT2D eigenvalue weighted by Gasteiger charge is -2.22. The Labute approximate surface area is 178 Å². The maximum absolute atomic E-state index is 10.0. The van der Waals surface area contributed by atoms with Crippen LogP contribution in [0.15, 0.2) is 47.5 Å². The van der Waals surface area contributed by atoms with Gasteiger partial charge >= 0.3 is 0 Å². The maximum Gasteiger partial charge on any atom is 0.194 e. The number of hydrogen-bond acceptors (Lipinski definition) is 4. The molecule has 2 N–H and O–H groups in total. The number of nitrogens with zero attached hydrogens (tertiary/aromatic N) is 2. The molecule has 0 heterocycles. The van der Waals surface area contributed by atoms with E-state index in [4.69, 9.17) is 9.47 Å². The third-order valence-electron chi connectivity index (χ3n) is 3.96. The normalized spacial score (nSPS) is 10.7. The number of phenolic OH excluding ortho intramolecular Hbond substituents is 1. The molecule has 6 nitrogen and oxygen atoms in total. The molecular formula is C20H28IN3O3. The van der Waals surface area contributed by atoms with Gasteiger partial charge in [0.25, 0.3) is 0 Å². The Bertz CT molecular complexity index is 736. The average molecular weight is 485 g/mol. The number of rotatable bonds is 7. The molecule has 2 aromatic carbocycles. The number of aromatic hydroxyl groups is 1. The van der Waals surface area contributed by atoms with E-state index in [-0.39, 0.29) is 29.7 Å². The highest BCUT2D eigenvalue weighted by Gasteiger charge is 2.08. The molecule has 0 saturated carbocycles. The minimum atomic E-state index is 0. The van der Waals surface area contributed by atoms with Crippen molar-refractivity contribution in [2.45, 2.75) is 20.0 Å². The van der Waals surface area contributed by atoms with Crippen LogP contribution in [0.4, 0.5) is 0 Å². The monoisotopic (exact) mass is 485 g/mol. The van der Waals surface area contributed by atoms with Gasteiger partial charge in [0.15, 0.2) is 5.96 Å². The molecule has 2 aromatic rings. The Balaban J connectivity index is 0.00000364. The SMILES string of the molecule is CCNC(=NCc1cc(OC)ccc1O)N(C)Cc1ccc(OC)cc1.I. The number of ether oxygens (including phenoxy) is 2. The summed E-state index contributed by atoms with van der Waals surface area (Å²) in [6.07, 6.45) is 0. The number of halogens is 1. The van der Waals surface area contributed by atoms with E-state index >= 15 is 0 Å². The molecule has 0 aliphatic heterocycles. The molecule has 0 aromatic heterocycles. The van der Waals surface area contributed by atoms with E-state index in [0.717, 1.165) is 29.4 Å². The Morgan fingerprint density at radius 3 is 2.30 bits per heavy atom. The zero-order chi connectivity index (χ0) is 18.9. The zero-order valence-corrected chi connectivity index (χ0v) is 18.6. The molecule has 0 bridgehead atoms. The number of methoxy groups -OCH3 is 2. The van der Waals surface area contributed by atoms with Crippen LogP contribution in [0.25, 0.3) is 0 Å². The second-order valence-electron chi connectivity index (χ2n) is 5.87. The van der Waals surface area contributed by atoms with Crippen molar-refractivity contribution in [1.82, 2.24) is 10.2 Å². The van der Waals surface area contributed by atoms with Crippen LogP contribution in [0.3, 0.4) is 0 Å². The summed E-state index contributed by atoms with van der Waals surface area (Å²) in [5.41, 5.74) is 1.88. The van der Waals surface area contributed by atoms with Crippen LogP contribution in [0, 0.1) is 0 Å². The molecule has 0 unspecified atom stereocenters. The van der Waals surface area contributed by atoms with Gasteiger partial charge < -0.3 is 24.8 Å². The van der Waals surface area contributed by atoms with Gasteiger partial charge in [0.2, 0.25) is 0 Å². The van der Waals surface area contributed by atoms with Gasteiger partial charge in [0.1, 0.15) is 17.2 Å². The van der Waals surface area contributed by atoms with Crippen LogP contribution in [-0.2, 0) is 13.1 Å². The number of hydrogen-bond donors (Lipinski definition) is 2. The highest BCUT2D eigenvalue weighted by Crippen LogP contribution is 2.23. The molecule has 27 heavy (non-hydrogen) atoms. The van der Waals surface area contributed by atoms with Crippen LogP contribution in [0.1, 0.15) is 18.1 Å². The molecule has 7 heteroatoms. The molecule has 148 valence electrons. The van der Waals surface area contributed by atoms with Gasteiger partial charge in [-0.3, -0.25) is 0 Å². The summed E-state index contributed by atoms with van der Waals surface area (Å²) in [5.74, 6) is 2.52. The predicted octanol–water partition coefficient (Wildman–Crippen LogP) is 3.62. The summed E-state index contributed by atoms with van der Waals surface area (Å²) < 4.78 is 10.4. The van der Waals surface area contributed by atoms with Gasteiger partial charge in [0.05, 0.1) is 20.8 Å². The molecule has 0 atom stereocenters. The van der Waals surface area contributed by atoms with Crippen molar-refractivity contribution in [3.63, 3.8) is 0 Å². The molecule has 0 saturated heterocycles. The summed E-state index contributed by atoms with van der Waals surface area (Å²) in [5, 5.41) is 13.3. The number of guanidine groups is 1. The van der Waals surface area contributed by atoms with Gasteiger partial charge in [0, 0.05) is 25.7 Å². The van der Waals surface area contributed by atoms with Crippen LogP contribution in [-0.4, -0.2) is 43.8 Å². The van der Waals surface area contributed by atoms with Crippen molar-refractivity contribution >= 4 is 29.9 Å². The fourth-order valence-electron chi connectivity index (χ4n) is 2.52. The maximum atomic E-state index is 10.0. The van der Waals surface area contributed by atoms with Gasteiger partial charge in [-0.05, 0) is 42.8 Å². The molecule has 2 rings (SSSR count). The lowest BCUT2D eigenvalue weighted by Crippen LogP contribution is -2.38. The minimum absolute atomic E-state index is 0. The smallest absolute Gasteiger partial charge is 0.194 e. The Hall–Kier alpha value is -2.16. The third kappa shape index (κ3) is 6.82. The molecule has 0 spiro atoms. The van der Waals surface area contributed by atoms with E-state index < -0.39 is 0 Å². The summed E-state index contributed by atoms with van der Waals surface area (Å²) >= 11 is 0. The Morgan fingerprint density at radius 1 is 1.07 bits per heavy atom. The first-order valence-corrected chi connectivity index (χ1v) is 8.55. The van der Waals surface area contributed by atoms with E-state index in [9.17, 15) is 5.11 Å². The van der Waals surface area contributed by atoms with Gasteiger partial charge in [-0.15, -0.1) is 24.0 Å². The van der Waals surface area contributed by atoms with E-state index in [2.05, 4.69) is 10.3 Å². The van der Waals surface area contributed by atoms with Crippen LogP contribution < -0.4 is 14.8 Å². The second kappa shape index (κ2) is 11.5. The van der Waals surface area contributed by atoms with Crippen molar-refractivity contribution < 1.29 is 14.6 Å². The molecule has 0 amide bonds. The van der Waals surface area contributed by atoms with E-state index in [0.29, 0.717) is 18.8 Å². The number of nitrogens with one attached hydrogen (secondary N) is 1. The molecular weight excluding hydrogens is 457 g/mol. The van der Waals surface area contributed by atoms with Crippen molar-refractivity contribution in [3.05, 3.63) is 53.6 Å². The fourth-order valence-corrected chi connectivity index (χ4v) is 2.52. The van der Waals surface area contributed by atoms with Gasteiger partial charge in [-0.1, -0.05) is 12.1 Å².